The second-order valence-corrected chi connectivity index (χ2v) is 5.81. The molecule has 5 heteroatoms. The molecule has 1 saturated carbocycles. The molecule has 0 aromatic carbocycles. The Hall–Kier alpha value is -1.07. The number of thioether (sulfide) groups is 1. The second kappa shape index (κ2) is 6.20. The van der Waals surface area contributed by atoms with Gasteiger partial charge in [-0.2, -0.15) is 0 Å². The maximum absolute atomic E-state index is 10.9. The minimum atomic E-state index is -0.944. The van der Waals surface area contributed by atoms with Crippen LogP contribution in [0.25, 0.3) is 0 Å². The lowest BCUT2D eigenvalue weighted by Crippen LogP contribution is -2.21. The first-order valence-corrected chi connectivity index (χ1v) is 7.09. The predicted octanol–water partition coefficient (Wildman–Crippen LogP) is 2.57. The third-order valence-electron chi connectivity index (χ3n) is 3.17. The van der Waals surface area contributed by atoms with Gasteiger partial charge in [-0.3, -0.25) is 0 Å². The zero-order chi connectivity index (χ0) is 13.0. The maximum Gasteiger partial charge on any atom is 0.335 e. The van der Waals surface area contributed by atoms with Crippen LogP contribution in [0.2, 0.25) is 0 Å². The Morgan fingerprint density at radius 3 is 2.89 bits per heavy atom. The minimum absolute atomic E-state index is 0.129. The summed E-state index contributed by atoms with van der Waals surface area (Å²) in [5.41, 5.74) is 0.246. The third-order valence-corrected chi connectivity index (χ3v) is 4.49. The molecule has 1 aliphatic rings. The SMILES string of the molecule is O=C(O)c1ccnc(SC2CCCCCC2O)c1. The Bertz CT molecular complexity index is 424. The Morgan fingerprint density at radius 2 is 2.11 bits per heavy atom. The zero-order valence-electron chi connectivity index (χ0n) is 10.1. The molecule has 0 spiro atoms. The molecular formula is C13H17NO3S. The van der Waals surface area contributed by atoms with E-state index >= 15 is 0 Å². The van der Waals surface area contributed by atoms with Crippen molar-refractivity contribution < 1.29 is 15.0 Å². The topological polar surface area (TPSA) is 70.4 Å². The van der Waals surface area contributed by atoms with E-state index in [0.29, 0.717) is 5.03 Å². The molecule has 1 aromatic heterocycles. The summed E-state index contributed by atoms with van der Waals surface area (Å²) >= 11 is 1.49. The summed E-state index contributed by atoms with van der Waals surface area (Å²) in [5.74, 6) is -0.944. The van der Waals surface area contributed by atoms with Gasteiger partial charge in [0.15, 0.2) is 0 Å². The number of carboxylic acid groups (broad SMARTS) is 1. The smallest absolute Gasteiger partial charge is 0.335 e. The van der Waals surface area contributed by atoms with Crippen LogP contribution in [-0.2, 0) is 0 Å². The van der Waals surface area contributed by atoms with Crippen molar-refractivity contribution in [1.29, 1.82) is 0 Å². The number of rotatable bonds is 3. The number of carbonyl (C=O) groups is 1. The van der Waals surface area contributed by atoms with Gasteiger partial charge in [-0.15, -0.1) is 11.8 Å². The Kier molecular flexibility index (Phi) is 4.60. The molecule has 1 aromatic rings. The van der Waals surface area contributed by atoms with Crippen molar-refractivity contribution in [3.8, 4) is 0 Å². The summed E-state index contributed by atoms with van der Waals surface area (Å²) in [6.07, 6.45) is 6.34. The van der Waals surface area contributed by atoms with E-state index in [4.69, 9.17) is 5.11 Å². The van der Waals surface area contributed by atoms with Gasteiger partial charge in [0.25, 0.3) is 0 Å². The standard InChI is InChI=1S/C13H17NO3S/c15-10-4-2-1-3-5-11(10)18-12-8-9(13(16)17)6-7-14-12/h6-8,10-11,15H,1-5H2,(H,16,17). The Balaban J connectivity index is 2.07. The summed E-state index contributed by atoms with van der Waals surface area (Å²) in [6, 6.07) is 3.06. The van der Waals surface area contributed by atoms with Crippen LogP contribution in [0, 0.1) is 0 Å². The normalized spacial score (nSPS) is 24.5. The van der Waals surface area contributed by atoms with Crippen molar-refractivity contribution in [2.45, 2.75) is 48.5 Å². The minimum Gasteiger partial charge on any atom is -0.478 e. The molecule has 1 aliphatic carbocycles. The number of aromatic carboxylic acids is 1. The van der Waals surface area contributed by atoms with Crippen molar-refractivity contribution in [3.63, 3.8) is 0 Å². The van der Waals surface area contributed by atoms with Crippen molar-refractivity contribution in [1.82, 2.24) is 4.98 Å². The number of nitrogens with zero attached hydrogens (tertiary/aromatic N) is 1. The number of aliphatic hydroxyl groups excluding tert-OH is 1. The molecule has 0 bridgehead atoms. The number of aromatic nitrogens is 1. The van der Waals surface area contributed by atoms with E-state index in [1.807, 2.05) is 0 Å². The fourth-order valence-corrected chi connectivity index (χ4v) is 3.36. The molecule has 0 amide bonds. The lowest BCUT2D eigenvalue weighted by Gasteiger charge is -2.19. The molecule has 2 rings (SSSR count). The van der Waals surface area contributed by atoms with E-state index < -0.39 is 5.97 Å². The van der Waals surface area contributed by atoms with Crippen molar-refractivity contribution >= 4 is 17.7 Å². The van der Waals surface area contributed by atoms with Crippen molar-refractivity contribution in [2.75, 3.05) is 0 Å². The van der Waals surface area contributed by atoms with Gasteiger partial charge in [-0.1, -0.05) is 19.3 Å². The number of hydrogen-bond donors (Lipinski definition) is 2. The lowest BCUT2D eigenvalue weighted by molar-refractivity contribution is 0.0696. The maximum atomic E-state index is 10.9. The molecule has 2 atom stereocenters. The molecule has 18 heavy (non-hydrogen) atoms. The lowest BCUT2D eigenvalue weighted by atomic mass is 10.1. The van der Waals surface area contributed by atoms with Crippen molar-refractivity contribution in [2.24, 2.45) is 0 Å². The fourth-order valence-electron chi connectivity index (χ4n) is 2.15. The Labute approximate surface area is 110 Å². The van der Waals surface area contributed by atoms with Crippen LogP contribution in [0.15, 0.2) is 23.4 Å². The summed E-state index contributed by atoms with van der Waals surface area (Å²) in [4.78, 5) is 15.0. The van der Waals surface area contributed by atoms with Gasteiger partial charge >= 0.3 is 5.97 Å². The number of hydrogen-bond acceptors (Lipinski definition) is 4. The molecule has 2 N–H and O–H groups in total. The first-order chi connectivity index (χ1) is 8.66. The monoisotopic (exact) mass is 267 g/mol. The van der Waals surface area contributed by atoms with Gasteiger partial charge in [-0.05, 0) is 25.0 Å². The van der Waals surface area contributed by atoms with Crippen molar-refractivity contribution in [3.05, 3.63) is 23.9 Å². The van der Waals surface area contributed by atoms with Gasteiger partial charge in [0.2, 0.25) is 0 Å². The van der Waals surface area contributed by atoms with Gasteiger partial charge in [0.1, 0.15) is 0 Å². The average Bonchev–Trinajstić information content (AvgIpc) is 2.55. The zero-order valence-corrected chi connectivity index (χ0v) is 10.9. The van der Waals surface area contributed by atoms with Crippen LogP contribution in [0.1, 0.15) is 42.5 Å². The fraction of sp³-hybridized carbons (Fsp3) is 0.538. The molecule has 0 saturated heterocycles. The van der Waals surface area contributed by atoms with Crippen LogP contribution < -0.4 is 0 Å². The first kappa shape index (κ1) is 13.4. The van der Waals surface area contributed by atoms with Gasteiger partial charge in [0.05, 0.1) is 16.7 Å². The molecule has 4 nitrogen and oxygen atoms in total. The van der Waals surface area contributed by atoms with Crippen LogP contribution in [0.5, 0.6) is 0 Å². The predicted molar refractivity (Wildman–Crippen MR) is 69.9 cm³/mol. The van der Waals surface area contributed by atoms with Gasteiger partial charge < -0.3 is 10.2 Å². The highest BCUT2D eigenvalue weighted by Gasteiger charge is 2.23. The van der Waals surface area contributed by atoms with E-state index in [0.717, 1.165) is 32.1 Å². The summed E-state index contributed by atoms with van der Waals surface area (Å²) < 4.78 is 0. The van der Waals surface area contributed by atoms with Crippen LogP contribution >= 0.6 is 11.8 Å². The number of pyridine rings is 1. The molecule has 2 unspecified atom stereocenters. The number of aliphatic hydroxyl groups is 1. The largest absolute Gasteiger partial charge is 0.478 e. The van der Waals surface area contributed by atoms with Gasteiger partial charge in [0, 0.05) is 11.4 Å². The molecule has 1 fully saturated rings. The van der Waals surface area contributed by atoms with Crippen LogP contribution in [0.4, 0.5) is 0 Å². The van der Waals surface area contributed by atoms with Gasteiger partial charge in [-0.25, -0.2) is 9.78 Å². The highest BCUT2D eigenvalue weighted by molar-refractivity contribution is 7.99. The summed E-state index contributed by atoms with van der Waals surface area (Å²) in [7, 11) is 0. The van der Waals surface area contributed by atoms with Crippen LogP contribution in [-0.4, -0.2) is 32.5 Å². The summed E-state index contributed by atoms with van der Waals surface area (Å²) in [6.45, 7) is 0. The first-order valence-electron chi connectivity index (χ1n) is 6.21. The van der Waals surface area contributed by atoms with E-state index in [-0.39, 0.29) is 16.9 Å². The molecular weight excluding hydrogens is 250 g/mol. The van der Waals surface area contributed by atoms with E-state index in [9.17, 15) is 9.90 Å². The average molecular weight is 267 g/mol. The summed E-state index contributed by atoms with van der Waals surface area (Å²) in [5, 5.41) is 19.8. The van der Waals surface area contributed by atoms with E-state index in [2.05, 4.69) is 4.98 Å². The molecule has 1 heterocycles. The number of carboxylic acids is 1. The van der Waals surface area contributed by atoms with E-state index in [1.165, 1.54) is 24.0 Å². The quantitative estimate of drug-likeness (QED) is 0.824. The second-order valence-electron chi connectivity index (χ2n) is 4.55. The highest BCUT2D eigenvalue weighted by atomic mass is 32.2. The molecule has 0 radical (unpaired) electrons. The van der Waals surface area contributed by atoms with Crippen LogP contribution in [0.3, 0.4) is 0 Å². The third kappa shape index (κ3) is 3.46. The molecule has 0 aliphatic heterocycles. The Morgan fingerprint density at radius 1 is 1.33 bits per heavy atom. The van der Waals surface area contributed by atoms with E-state index in [1.54, 1.807) is 6.07 Å². The molecule has 98 valence electrons. The highest BCUT2D eigenvalue weighted by Crippen LogP contribution is 2.32.